The lowest BCUT2D eigenvalue weighted by molar-refractivity contribution is -0.138. The molecule has 1 atom stereocenters. The summed E-state index contributed by atoms with van der Waals surface area (Å²) in [6.45, 7) is 4.51. The highest BCUT2D eigenvalue weighted by Gasteiger charge is 2.41. The number of carbonyl (C=O) groups excluding carboxylic acids is 1. The van der Waals surface area contributed by atoms with Crippen LogP contribution in [0.4, 0.5) is 24.8 Å². The van der Waals surface area contributed by atoms with E-state index < -0.39 is 17.6 Å². The molecule has 1 unspecified atom stereocenters. The van der Waals surface area contributed by atoms with E-state index >= 15 is 0 Å². The van der Waals surface area contributed by atoms with E-state index in [2.05, 4.69) is 49.4 Å². The van der Waals surface area contributed by atoms with E-state index in [0.29, 0.717) is 59.1 Å². The van der Waals surface area contributed by atoms with Gasteiger partial charge in [-0.1, -0.05) is 0 Å². The molecule has 11 nitrogen and oxygen atoms in total. The van der Waals surface area contributed by atoms with E-state index in [-0.39, 0.29) is 42.5 Å². The predicted molar refractivity (Wildman–Crippen MR) is 172 cm³/mol. The van der Waals surface area contributed by atoms with Gasteiger partial charge in [0.2, 0.25) is 0 Å². The van der Waals surface area contributed by atoms with Crippen LogP contribution in [0.5, 0.6) is 0 Å². The lowest BCUT2D eigenvalue weighted by atomic mass is 9.97. The Morgan fingerprint density at radius 3 is 2.54 bits per heavy atom. The van der Waals surface area contributed by atoms with Crippen molar-refractivity contribution in [3.63, 3.8) is 0 Å². The smallest absolute Gasteiger partial charge is 0.369 e. The maximum atomic E-state index is 14.5. The molecule has 0 aliphatic carbocycles. The Hall–Kier alpha value is -5.31. The summed E-state index contributed by atoms with van der Waals surface area (Å²) in [5, 5.41) is 30.1. The van der Waals surface area contributed by atoms with Crippen molar-refractivity contribution in [1.82, 2.24) is 29.5 Å². The van der Waals surface area contributed by atoms with Crippen molar-refractivity contribution < 1.29 is 18.0 Å². The fourth-order valence-corrected chi connectivity index (χ4v) is 6.24. The third-order valence-corrected chi connectivity index (χ3v) is 8.90. The van der Waals surface area contributed by atoms with Crippen molar-refractivity contribution in [3.05, 3.63) is 76.6 Å². The summed E-state index contributed by atoms with van der Waals surface area (Å²) in [5.74, 6) is 0.375. The number of fused-ring (bicyclic) bond motifs is 1. The van der Waals surface area contributed by atoms with Crippen LogP contribution in [0.2, 0.25) is 0 Å². The molecule has 48 heavy (non-hydrogen) atoms. The molecule has 1 amide bonds. The second-order valence-corrected chi connectivity index (χ2v) is 12.2. The molecule has 0 spiro atoms. The first-order valence-corrected chi connectivity index (χ1v) is 15.5. The van der Waals surface area contributed by atoms with Gasteiger partial charge in [-0.05, 0) is 78.7 Å². The van der Waals surface area contributed by atoms with Crippen LogP contribution in [0.15, 0.2) is 48.8 Å². The third-order valence-electron chi connectivity index (χ3n) is 8.90. The SMILES string of the molecule is CC1CN(Cc2cc3c(c(C(F)(F)F)c2)CN(c2cc(-c4cc(C#N)ccc4-c4nncn4C)cc(NCCC#N)n2)C3=O)CCN1C. The molecule has 2 aromatic carbocycles. The number of carbonyl (C=O) groups is 1. The molecule has 2 aromatic heterocycles. The summed E-state index contributed by atoms with van der Waals surface area (Å²) in [6.07, 6.45) is -2.96. The molecule has 246 valence electrons. The highest BCUT2D eigenvalue weighted by Crippen LogP contribution is 2.41. The highest BCUT2D eigenvalue weighted by atomic mass is 19.4. The Balaban J connectivity index is 1.43. The number of anilines is 2. The standard InChI is InChI=1S/C34H33F3N10O/c1-21-17-46(10-9-44(21)2)18-23-12-27-28(29(13-23)34(35,36)37)19-47(33(27)48)31-15-24(14-30(42-31)40-8-4-7-38)26-11-22(16-39)5-6-25(26)32-43-41-20-45(32)3/h5-6,11-15,20-21H,4,8-10,17-19H2,1-3H3,(H,40,42). The van der Waals surface area contributed by atoms with Gasteiger partial charge in [0.25, 0.3) is 5.91 Å². The summed E-state index contributed by atoms with van der Waals surface area (Å²) >= 11 is 0. The van der Waals surface area contributed by atoms with Crippen LogP contribution in [0.1, 0.15) is 46.0 Å². The Kier molecular flexibility index (Phi) is 8.88. The van der Waals surface area contributed by atoms with Gasteiger partial charge >= 0.3 is 6.18 Å². The summed E-state index contributed by atoms with van der Waals surface area (Å²) in [7, 11) is 3.80. The van der Waals surface area contributed by atoms with Crippen molar-refractivity contribution in [3.8, 4) is 34.7 Å². The summed E-state index contributed by atoms with van der Waals surface area (Å²) in [6, 6.07) is 15.6. The zero-order valence-corrected chi connectivity index (χ0v) is 26.7. The topological polar surface area (TPSA) is 130 Å². The summed E-state index contributed by atoms with van der Waals surface area (Å²) < 4.78 is 45.3. The van der Waals surface area contributed by atoms with Gasteiger partial charge in [0, 0.05) is 56.9 Å². The van der Waals surface area contributed by atoms with Gasteiger partial charge in [0.05, 0.1) is 36.2 Å². The molecule has 4 aromatic rings. The van der Waals surface area contributed by atoms with Crippen molar-refractivity contribution in [2.45, 2.75) is 38.7 Å². The van der Waals surface area contributed by atoms with Crippen molar-refractivity contribution in [1.29, 1.82) is 10.5 Å². The molecule has 1 fully saturated rings. The molecule has 14 heteroatoms. The Morgan fingerprint density at radius 1 is 1.04 bits per heavy atom. The molecular weight excluding hydrogens is 621 g/mol. The van der Waals surface area contributed by atoms with E-state index in [1.165, 1.54) is 4.90 Å². The summed E-state index contributed by atoms with van der Waals surface area (Å²) in [5.41, 5.74) is 1.64. The molecule has 6 rings (SSSR count). The number of amides is 1. The first-order valence-electron chi connectivity index (χ1n) is 15.5. The number of benzene rings is 2. The Bertz CT molecular complexity index is 1960. The van der Waals surface area contributed by atoms with Gasteiger partial charge in [-0.15, -0.1) is 10.2 Å². The molecule has 0 saturated carbocycles. The molecule has 0 bridgehead atoms. The quantitative estimate of drug-likeness (QED) is 0.259. The number of halogens is 3. The van der Waals surface area contributed by atoms with Gasteiger partial charge in [-0.3, -0.25) is 14.6 Å². The number of nitriles is 2. The van der Waals surface area contributed by atoms with Gasteiger partial charge in [-0.25, -0.2) is 4.98 Å². The average Bonchev–Trinajstić information content (AvgIpc) is 3.64. The number of aryl methyl sites for hydroxylation is 1. The molecule has 4 heterocycles. The summed E-state index contributed by atoms with van der Waals surface area (Å²) in [4.78, 5) is 24.2. The van der Waals surface area contributed by atoms with Gasteiger partial charge in [-0.2, -0.15) is 23.7 Å². The molecule has 1 N–H and O–H groups in total. The van der Waals surface area contributed by atoms with Gasteiger partial charge in [0.15, 0.2) is 5.82 Å². The minimum Gasteiger partial charge on any atom is -0.369 e. The molecular formula is C34H33F3N10O. The number of pyridine rings is 1. The zero-order valence-electron chi connectivity index (χ0n) is 26.7. The van der Waals surface area contributed by atoms with Crippen LogP contribution in [-0.2, 0) is 26.3 Å². The van der Waals surface area contributed by atoms with Gasteiger partial charge < -0.3 is 14.8 Å². The minimum absolute atomic E-state index is 0.000514. The third kappa shape index (κ3) is 6.45. The number of alkyl halides is 3. The van der Waals surface area contributed by atoms with Crippen LogP contribution in [0.25, 0.3) is 22.5 Å². The number of piperazine rings is 1. The fraction of sp³-hybridized carbons (Fsp3) is 0.353. The molecule has 2 aliphatic heterocycles. The number of hydrogen-bond donors (Lipinski definition) is 1. The van der Waals surface area contributed by atoms with E-state index in [9.17, 15) is 23.2 Å². The zero-order chi connectivity index (χ0) is 34.2. The van der Waals surface area contributed by atoms with Crippen molar-refractivity contribution in [2.24, 2.45) is 7.05 Å². The van der Waals surface area contributed by atoms with Crippen LogP contribution in [0, 0.1) is 22.7 Å². The number of hydrogen-bond acceptors (Lipinski definition) is 9. The van der Waals surface area contributed by atoms with Crippen LogP contribution in [0.3, 0.4) is 0 Å². The lowest BCUT2D eigenvalue weighted by Gasteiger charge is -2.37. The normalized spacial score (nSPS) is 16.9. The van der Waals surface area contributed by atoms with Crippen LogP contribution < -0.4 is 10.2 Å². The lowest BCUT2D eigenvalue weighted by Crippen LogP contribution is -2.49. The van der Waals surface area contributed by atoms with Crippen molar-refractivity contribution in [2.75, 3.05) is 43.4 Å². The number of nitrogens with zero attached hydrogens (tertiary/aromatic N) is 9. The second-order valence-electron chi connectivity index (χ2n) is 12.2. The average molecular weight is 655 g/mol. The van der Waals surface area contributed by atoms with E-state index in [1.54, 1.807) is 54.3 Å². The van der Waals surface area contributed by atoms with Gasteiger partial charge in [0.1, 0.15) is 18.0 Å². The maximum Gasteiger partial charge on any atom is 0.416 e. The number of nitrogens with one attached hydrogen (secondary N) is 1. The first-order chi connectivity index (χ1) is 23.0. The minimum atomic E-state index is -4.67. The van der Waals surface area contributed by atoms with Crippen molar-refractivity contribution >= 4 is 17.5 Å². The molecule has 1 saturated heterocycles. The fourth-order valence-electron chi connectivity index (χ4n) is 6.24. The molecule has 2 aliphatic rings. The Labute approximate surface area is 275 Å². The second kappa shape index (κ2) is 13.1. The van der Waals surface area contributed by atoms with Crippen LogP contribution in [-0.4, -0.2) is 74.7 Å². The predicted octanol–water partition coefficient (Wildman–Crippen LogP) is 5.06. The van der Waals surface area contributed by atoms with E-state index in [1.807, 2.05) is 7.05 Å². The number of rotatable bonds is 8. The molecule has 0 radical (unpaired) electrons. The van der Waals surface area contributed by atoms with Crippen LogP contribution >= 0.6 is 0 Å². The highest BCUT2D eigenvalue weighted by molar-refractivity contribution is 6.10. The number of aromatic nitrogens is 4. The Morgan fingerprint density at radius 2 is 1.85 bits per heavy atom. The largest absolute Gasteiger partial charge is 0.416 e. The van der Waals surface area contributed by atoms with E-state index in [4.69, 9.17) is 5.26 Å². The maximum absolute atomic E-state index is 14.5. The van der Waals surface area contributed by atoms with E-state index in [0.717, 1.165) is 12.6 Å². The number of likely N-dealkylation sites (N-methyl/N-ethyl adjacent to an activating group) is 1. The first kappa shape index (κ1) is 32.6. The monoisotopic (exact) mass is 654 g/mol.